The van der Waals surface area contributed by atoms with E-state index in [2.05, 4.69) is 8.68 Å². The highest BCUT2D eigenvalue weighted by Gasteiger charge is 2.48. The van der Waals surface area contributed by atoms with Crippen LogP contribution >= 0.6 is 0 Å². The number of piperidine rings is 1. The highest BCUT2D eigenvalue weighted by Crippen LogP contribution is 2.30. The smallest absolute Gasteiger partial charge is 0.385 e. The van der Waals surface area contributed by atoms with Gasteiger partial charge in [-0.25, -0.2) is 4.79 Å². The van der Waals surface area contributed by atoms with E-state index in [0.717, 1.165) is 4.31 Å². The maximum atomic E-state index is 12.3. The first-order chi connectivity index (χ1) is 11.8. The Morgan fingerprint density at radius 2 is 2.00 bits per heavy atom. The summed E-state index contributed by atoms with van der Waals surface area (Å²) in [5.74, 6) is -0.172. The second kappa shape index (κ2) is 7.26. The zero-order valence-corrected chi connectivity index (χ0v) is 16.3. The molecule has 12 nitrogen and oxygen atoms in total. The number of rotatable bonds is 7. The predicted octanol–water partition coefficient (Wildman–Crippen LogP) is -0.821. The number of hydrogen-bond donors (Lipinski definition) is 2. The van der Waals surface area contributed by atoms with Gasteiger partial charge in [-0.15, -0.1) is 8.68 Å². The number of hydrogen-bond acceptors (Lipinski definition) is 6. The lowest BCUT2D eigenvalue weighted by Gasteiger charge is -2.29. The molecule has 2 atom stereocenters. The SMILES string of the molecule is CC(C)CN(C)S(=O)(=O)N=C(N)C1CCC2CN1C(=O)N2OS(=O)(=O)O. The molecule has 0 radical (unpaired) electrons. The van der Waals surface area contributed by atoms with Gasteiger partial charge in [-0.2, -0.15) is 26.2 Å². The summed E-state index contributed by atoms with van der Waals surface area (Å²) >= 11 is 0. The number of hydroxylamine groups is 2. The third-order valence-electron chi connectivity index (χ3n) is 4.08. The van der Waals surface area contributed by atoms with E-state index in [1.165, 1.54) is 11.9 Å². The molecule has 2 unspecified atom stereocenters. The summed E-state index contributed by atoms with van der Waals surface area (Å²) in [6.07, 6.45) is 0.584. The zero-order valence-electron chi connectivity index (χ0n) is 14.6. The molecule has 2 bridgehead atoms. The van der Waals surface area contributed by atoms with Crippen molar-refractivity contribution in [3.05, 3.63) is 0 Å². The molecule has 0 saturated carbocycles. The van der Waals surface area contributed by atoms with E-state index in [1.54, 1.807) is 0 Å². The predicted molar refractivity (Wildman–Crippen MR) is 91.4 cm³/mol. The van der Waals surface area contributed by atoms with Crippen LogP contribution in [0.25, 0.3) is 0 Å². The average Bonchev–Trinajstić information content (AvgIpc) is 2.69. The molecule has 2 heterocycles. The fourth-order valence-corrected chi connectivity index (χ4v) is 4.41. The maximum Gasteiger partial charge on any atom is 0.418 e. The lowest BCUT2D eigenvalue weighted by Crippen LogP contribution is -2.48. The summed E-state index contributed by atoms with van der Waals surface area (Å²) in [5.41, 5.74) is 5.85. The number of carbonyl (C=O) groups is 1. The summed E-state index contributed by atoms with van der Waals surface area (Å²) in [4.78, 5) is 13.5. The minimum atomic E-state index is -4.85. The molecule has 0 spiro atoms. The van der Waals surface area contributed by atoms with E-state index in [1.807, 2.05) is 13.8 Å². The summed E-state index contributed by atoms with van der Waals surface area (Å²) in [6.45, 7) is 4.04. The number of amides is 2. The fraction of sp³-hybridized carbons (Fsp3) is 0.833. The second-order valence-electron chi connectivity index (χ2n) is 6.68. The van der Waals surface area contributed by atoms with E-state index in [4.69, 9.17) is 10.3 Å². The highest BCUT2D eigenvalue weighted by molar-refractivity contribution is 7.87. The van der Waals surface area contributed by atoms with Crippen LogP contribution in [0, 0.1) is 5.92 Å². The number of urea groups is 1. The summed E-state index contributed by atoms with van der Waals surface area (Å²) < 4.78 is 64.0. The van der Waals surface area contributed by atoms with Crippen molar-refractivity contribution in [1.82, 2.24) is 14.3 Å². The number of carbonyl (C=O) groups excluding carboxylic acids is 1. The van der Waals surface area contributed by atoms with Gasteiger partial charge >= 0.3 is 26.6 Å². The molecule has 2 rings (SSSR count). The van der Waals surface area contributed by atoms with Crippen LogP contribution in [0.2, 0.25) is 0 Å². The standard InChI is InChI=1S/C12H23N5O7S2/c1-8(2)6-15(3)25(19,20)14-11(13)10-5-4-9-7-16(10)12(18)17(9)24-26(21,22)23/h8-10H,4-7H2,1-3H3,(H2,13,14)(H,21,22,23). The molecule has 0 aromatic rings. The second-order valence-corrected chi connectivity index (χ2v) is 9.38. The average molecular weight is 413 g/mol. The monoisotopic (exact) mass is 413 g/mol. The van der Waals surface area contributed by atoms with Crippen molar-refractivity contribution in [3.8, 4) is 0 Å². The van der Waals surface area contributed by atoms with Crippen LogP contribution < -0.4 is 5.73 Å². The van der Waals surface area contributed by atoms with Gasteiger partial charge in [0.05, 0.1) is 12.1 Å². The van der Waals surface area contributed by atoms with Crippen molar-refractivity contribution >= 4 is 32.5 Å². The Morgan fingerprint density at radius 3 is 2.54 bits per heavy atom. The van der Waals surface area contributed by atoms with Crippen LogP contribution in [-0.2, 0) is 24.9 Å². The van der Waals surface area contributed by atoms with Gasteiger partial charge in [0.15, 0.2) is 0 Å². The van der Waals surface area contributed by atoms with Gasteiger partial charge in [-0.05, 0) is 18.8 Å². The topological polar surface area (TPSA) is 163 Å². The van der Waals surface area contributed by atoms with Crippen molar-refractivity contribution in [2.24, 2.45) is 16.0 Å². The van der Waals surface area contributed by atoms with E-state index in [-0.39, 0.29) is 31.3 Å². The van der Waals surface area contributed by atoms with E-state index >= 15 is 0 Å². The molecule has 150 valence electrons. The Bertz CT molecular complexity index is 795. The van der Waals surface area contributed by atoms with E-state index < -0.39 is 38.7 Å². The lowest BCUT2D eigenvalue weighted by atomic mass is 10.0. The van der Waals surface area contributed by atoms with Crippen LogP contribution in [0.1, 0.15) is 26.7 Å². The van der Waals surface area contributed by atoms with Crippen molar-refractivity contribution < 1.29 is 30.5 Å². The zero-order chi connectivity index (χ0) is 19.9. The van der Waals surface area contributed by atoms with Gasteiger partial charge in [0.1, 0.15) is 5.84 Å². The molecule has 2 saturated heterocycles. The fourth-order valence-electron chi connectivity index (χ4n) is 3.01. The number of fused-ring (bicyclic) bond motifs is 2. The van der Waals surface area contributed by atoms with Gasteiger partial charge in [-0.3, -0.25) is 4.55 Å². The maximum absolute atomic E-state index is 12.3. The molecule has 0 aromatic carbocycles. The molecule has 26 heavy (non-hydrogen) atoms. The highest BCUT2D eigenvalue weighted by atomic mass is 32.3. The first-order valence-electron chi connectivity index (χ1n) is 7.90. The largest absolute Gasteiger partial charge is 0.418 e. The molecule has 0 aliphatic carbocycles. The molecule has 2 aliphatic rings. The van der Waals surface area contributed by atoms with Gasteiger partial charge in [-0.1, -0.05) is 13.8 Å². The summed E-state index contributed by atoms with van der Waals surface area (Å²) in [6, 6.07) is -2.23. The third-order valence-corrected chi connectivity index (χ3v) is 5.80. The minimum Gasteiger partial charge on any atom is -0.385 e. The quantitative estimate of drug-likeness (QED) is 0.310. The Labute approximate surface area is 152 Å². The lowest BCUT2D eigenvalue weighted by molar-refractivity contribution is -0.0316. The molecule has 14 heteroatoms. The Kier molecular flexibility index (Phi) is 5.82. The van der Waals surface area contributed by atoms with Crippen LogP contribution in [0.3, 0.4) is 0 Å². The molecular weight excluding hydrogens is 390 g/mol. The third kappa shape index (κ3) is 4.62. The molecule has 2 aliphatic heterocycles. The van der Waals surface area contributed by atoms with Crippen LogP contribution in [0.15, 0.2) is 4.40 Å². The number of nitrogens with zero attached hydrogens (tertiary/aromatic N) is 4. The van der Waals surface area contributed by atoms with Crippen molar-refractivity contribution in [1.29, 1.82) is 0 Å². The van der Waals surface area contributed by atoms with E-state index in [0.29, 0.717) is 11.5 Å². The van der Waals surface area contributed by atoms with Crippen LogP contribution in [0.4, 0.5) is 4.79 Å². The summed E-state index contributed by atoms with van der Waals surface area (Å²) in [5, 5.41) is 0.558. The number of nitrogens with two attached hydrogens (primary N) is 1. The van der Waals surface area contributed by atoms with Crippen molar-refractivity contribution in [2.45, 2.75) is 38.8 Å². The molecule has 3 N–H and O–H groups in total. The van der Waals surface area contributed by atoms with Crippen LogP contribution in [-0.4, -0.2) is 79.7 Å². The van der Waals surface area contributed by atoms with Crippen molar-refractivity contribution in [2.75, 3.05) is 20.1 Å². The normalized spacial score (nSPS) is 24.8. The van der Waals surface area contributed by atoms with Gasteiger partial charge < -0.3 is 10.6 Å². The molecule has 2 amide bonds. The minimum absolute atomic E-state index is 0.0805. The van der Waals surface area contributed by atoms with Crippen LogP contribution in [0.5, 0.6) is 0 Å². The first kappa shape index (κ1) is 20.8. The summed E-state index contributed by atoms with van der Waals surface area (Å²) in [7, 11) is -7.48. The molecular formula is C12H23N5O7S2. The Hall–Kier alpha value is -1.48. The van der Waals surface area contributed by atoms with Gasteiger partial charge in [0.25, 0.3) is 0 Å². The van der Waals surface area contributed by atoms with Crippen molar-refractivity contribution in [3.63, 3.8) is 0 Å². The van der Waals surface area contributed by atoms with Gasteiger partial charge in [0, 0.05) is 20.1 Å². The first-order valence-corrected chi connectivity index (χ1v) is 10.7. The Morgan fingerprint density at radius 1 is 1.38 bits per heavy atom. The Balaban J connectivity index is 2.19. The molecule has 0 aromatic heterocycles. The van der Waals surface area contributed by atoms with E-state index in [9.17, 15) is 21.6 Å². The van der Waals surface area contributed by atoms with Gasteiger partial charge in [0.2, 0.25) is 0 Å². The number of amidine groups is 1. The molecule has 2 fully saturated rings.